The van der Waals surface area contributed by atoms with E-state index < -0.39 is 0 Å². The lowest BCUT2D eigenvalue weighted by molar-refractivity contribution is -0.898. The molecule has 3 rings (SSSR count). The van der Waals surface area contributed by atoms with Crippen LogP contribution in [0, 0.1) is 5.92 Å². The van der Waals surface area contributed by atoms with E-state index in [0.29, 0.717) is 12.5 Å². The summed E-state index contributed by atoms with van der Waals surface area (Å²) in [6.45, 7) is 4.26. The number of carbonyl (C=O) groups is 2. The van der Waals surface area contributed by atoms with E-state index in [1.54, 1.807) is 0 Å². The Kier molecular flexibility index (Phi) is 7.06. The van der Waals surface area contributed by atoms with Gasteiger partial charge < -0.3 is 15.1 Å². The van der Waals surface area contributed by atoms with Gasteiger partial charge in [-0.1, -0.05) is 37.5 Å². The Labute approximate surface area is 156 Å². The fourth-order valence-corrected chi connectivity index (χ4v) is 4.05. The van der Waals surface area contributed by atoms with Crippen molar-refractivity contribution in [2.75, 3.05) is 38.0 Å². The second kappa shape index (κ2) is 9.72. The number of quaternary nitrogens is 1. The number of piperidine rings is 1. The highest BCUT2D eigenvalue weighted by Crippen LogP contribution is 2.14. The number of rotatable bonds is 4. The highest BCUT2D eigenvalue weighted by molar-refractivity contribution is 5.92. The highest BCUT2D eigenvalue weighted by Gasteiger charge is 2.29. The molecule has 1 aromatic rings. The molecule has 142 valence electrons. The van der Waals surface area contributed by atoms with E-state index in [-0.39, 0.29) is 11.8 Å². The number of amides is 2. The second-order valence-corrected chi connectivity index (χ2v) is 7.70. The number of likely N-dealkylation sites (tertiary alicyclic amines) is 2. The van der Waals surface area contributed by atoms with Crippen LogP contribution in [0.1, 0.15) is 44.9 Å². The lowest BCUT2D eigenvalue weighted by Crippen LogP contribution is -3.14. The fraction of sp³-hybridized carbons (Fsp3) is 0.619. The average molecular weight is 359 g/mol. The van der Waals surface area contributed by atoms with Crippen molar-refractivity contribution in [2.24, 2.45) is 5.92 Å². The zero-order chi connectivity index (χ0) is 18.2. The summed E-state index contributed by atoms with van der Waals surface area (Å²) in [5.74, 6) is 0.482. The Bertz CT molecular complexity index is 574. The van der Waals surface area contributed by atoms with Gasteiger partial charge in [0.25, 0.3) is 5.91 Å². The molecule has 0 radical (unpaired) electrons. The number of anilines is 1. The predicted molar refractivity (Wildman–Crippen MR) is 103 cm³/mol. The normalized spacial score (nSPS) is 24.4. The van der Waals surface area contributed by atoms with Gasteiger partial charge in [-0.15, -0.1) is 0 Å². The zero-order valence-corrected chi connectivity index (χ0v) is 15.7. The summed E-state index contributed by atoms with van der Waals surface area (Å²) in [5, 5.41) is 3.01. The summed E-state index contributed by atoms with van der Waals surface area (Å²) in [6, 6.07) is 9.64. The molecule has 0 aromatic heterocycles. The Hall–Kier alpha value is -1.88. The maximum atomic E-state index is 12.6. The van der Waals surface area contributed by atoms with Crippen LogP contribution >= 0.6 is 0 Å². The lowest BCUT2D eigenvalue weighted by Gasteiger charge is -2.31. The van der Waals surface area contributed by atoms with Gasteiger partial charge in [-0.05, 0) is 25.0 Å². The Balaban J connectivity index is 1.41. The van der Waals surface area contributed by atoms with E-state index in [2.05, 4.69) is 10.2 Å². The minimum absolute atomic E-state index is 0.0655. The van der Waals surface area contributed by atoms with E-state index in [1.165, 1.54) is 24.2 Å². The van der Waals surface area contributed by atoms with Crippen molar-refractivity contribution in [2.45, 2.75) is 44.9 Å². The predicted octanol–water partition coefficient (Wildman–Crippen LogP) is 1.71. The quantitative estimate of drug-likeness (QED) is 0.861. The third-order valence-corrected chi connectivity index (χ3v) is 5.71. The fourth-order valence-electron chi connectivity index (χ4n) is 4.05. The van der Waals surface area contributed by atoms with Gasteiger partial charge in [-0.2, -0.15) is 0 Å². The van der Waals surface area contributed by atoms with Crippen LogP contribution in [0.15, 0.2) is 30.3 Å². The molecule has 2 amide bonds. The van der Waals surface area contributed by atoms with Gasteiger partial charge in [-0.3, -0.25) is 9.59 Å². The molecule has 2 fully saturated rings. The molecule has 5 heteroatoms. The molecule has 1 aromatic carbocycles. The third kappa shape index (κ3) is 5.56. The first kappa shape index (κ1) is 18.9. The zero-order valence-electron chi connectivity index (χ0n) is 15.7. The first-order chi connectivity index (χ1) is 12.7. The van der Waals surface area contributed by atoms with E-state index in [0.717, 1.165) is 57.5 Å². The Morgan fingerprint density at radius 2 is 1.58 bits per heavy atom. The topological polar surface area (TPSA) is 53.9 Å². The smallest absolute Gasteiger partial charge is 0.277 e. The SMILES string of the molecule is O=C(Nc1ccccc1)C1CC[NH+](CC(=O)N2CCCCCCC2)CC1. The van der Waals surface area contributed by atoms with Crippen LogP contribution in [0.2, 0.25) is 0 Å². The number of para-hydroxylation sites is 1. The van der Waals surface area contributed by atoms with Gasteiger partial charge in [-0.25, -0.2) is 0 Å². The standard InChI is InChI=1S/C21H31N3O2/c25-20(24-13-7-2-1-3-8-14-24)17-23-15-11-18(12-16-23)21(26)22-19-9-5-4-6-10-19/h4-6,9-10,18H,1-3,7-8,11-17H2,(H,22,26)/p+1. The number of nitrogens with zero attached hydrogens (tertiary/aromatic N) is 1. The maximum absolute atomic E-state index is 12.6. The molecular weight excluding hydrogens is 326 g/mol. The Morgan fingerprint density at radius 1 is 0.962 bits per heavy atom. The summed E-state index contributed by atoms with van der Waals surface area (Å²) >= 11 is 0. The van der Waals surface area contributed by atoms with E-state index in [4.69, 9.17) is 0 Å². The molecule has 2 aliphatic heterocycles. The summed E-state index contributed by atoms with van der Waals surface area (Å²) in [6.07, 6.45) is 7.82. The average Bonchev–Trinajstić information content (AvgIpc) is 2.62. The van der Waals surface area contributed by atoms with Gasteiger partial charge >= 0.3 is 0 Å². The molecule has 2 aliphatic rings. The molecule has 26 heavy (non-hydrogen) atoms. The van der Waals surface area contributed by atoms with Crippen molar-refractivity contribution in [3.05, 3.63) is 30.3 Å². The first-order valence-corrected chi connectivity index (χ1v) is 10.2. The molecule has 0 saturated carbocycles. The second-order valence-electron chi connectivity index (χ2n) is 7.70. The maximum Gasteiger partial charge on any atom is 0.277 e. The van der Waals surface area contributed by atoms with Crippen molar-refractivity contribution in [1.82, 2.24) is 4.90 Å². The largest absolute Gasteiger partial charge is 0.338 e. The number of benzene rings is 1. The van der Waals surface area contributed by atoms with Gasteiger partial charge in [0.15, 0.2) is 6.54 Å². The molecule has 0 aliphatic carbocycles. The molecule has 0 bridgehead atoms. The number of hydrogen-bond acceptors (Lipinski definition) is 2. The van der Waals surface area contributed by atoms with E-state index in [9.17, 15) is 9.59 Å². The Morgan fingerprint density at radius 3 is 2.23 bits per heavy atom. The molecule has 0 unspecified atom stereocenters. The number of carbonyl (C=O) groups excluding carboxylic acids is 2. The van der Waals surface area contributed by atoms with E-state index >= 15 is 0 Å². The molecule has 2 heterocycles. The van der Waals surface area contributed by atoms with Gasteiger partial charge in [0, 0.05) is 37.5 Å². The van der Waals surface area contributed by atoms with Crippen molar-refractivity contribution in [1.29, 1.82) is 0 Å². The monoisotopic (exact) mass is 358 g/mol. The minimum atomic E-state index is 0.0655. The van der Waals surface area contributed by atoms with Gasteiger partial charge in [0.05, 0.1) is 13.1 Å². The van der Waals surface area contributed by atoms with Crippen molar-refractivity contribution in [3.63, 3.8) is 0 Å². The highest BCUT2D eigenvalue weighted by atomic mass is 16.2. The summed E-state index contributed by atoms with van der Waals surface area (Å²) in [5.41, 5.74) is 0.861. The lowest BCUT2D eigenvalue weighted by atomic mass is 9.95. The molecule has 2 N–H and O–H groups in total. The summed E-state index contributed by atoms with van der Waals surface area (Å²) in [4.78, 5) is 28.4. The van der Waals surface area contributed by atoms with Crippen LogP contribution in [0.5, 0.6) is 0 Å². The summed E-state index contributed by atoms with van der Waals surface area (Å²) < 4.78 is 0. The van der Waals surface area contributed by atoms with Crippen LogP contribution in [0.4, 0.5) is 5.69 Å². The van der Waals surface area contributed by atoms with Crippen molar-refractivity contribution in [3.8, 4) is 0 Å². The molecule has 0 atom stereocenters. The van der Waals surface area contributed by atoms with Crippen LogP contribution < -0.4 is 10.2 Å². The number of hydrogen-bond donors (Lipinski definition) is 2. The molecular formula is C21H32N3O2+. The van der Waals surface area contributed by atoms with Crippen LogP contribution in [-0.4, -0.2) is 49.4 Å². The molecule has 0 spiro atoms. The van der Waals surface area contributed by atoms with E-state index in [1.807, 2.05) is 30.3 Å². The first-order valence-electron chi connectivity index (χ1n) is 10.2. The summed E-state index contributed by atoms with van der Waals surface area (Å²) in [7, 11) is 0. The minimum Gasteiger partial charge on any atom is -0.338 e. The van der Waals surface area contributed by atoms with Gasteiger partial charge in [0.1, 0.15) is 0 Å². The van der Waals surface area contributed by atoms with Gasteiger partial charge in [0.2, 0.25) is 5.91 Å². The van der Waals surface area contributed by atoms with Crippen molar-refractivity contribution >= 4 is 17.5 Å². The van der Waals surface area contributed by atoms with Crippen LogP contribution in [-0.2, 0) is 9.59 Å². The number of nitrogens with one attached hydrogen (secondary N) is 2. The third-order valence-electron chi connectivity index (χ3n) is 5.71. The molecule has 5 nitrogen and oxygen atoms in total. The van der Waals surface area contributed by atoms with Crippen molar-refractivity contribution < 1.29 is 14.5 Å². The molecule has 2 saturated heterocycles. The van der Waals surface area contributed by atoms with Crippen LogP contribution in [0.25, 0.3) is 0 Å². The van der Waals surface area contributed by atoms with Crippen LogP contribution in [0.3, 0.4) is 0 Å².